The van der Waals surface area contributed by atoms with E-state index in [0.717, 1.165) is 29.9 Å². The minimum Gasteiger partial charge on any atom is -0.385 e. The van der Waals surface area contributed by atoms with Gasteiger partial charge in [-0.25, -0.2) is 0 Å². The summed E-state index contributed by atoms with van der Waals surface area (Å²) in [6.45, 7) is 5.08. The molecule has 0 unspecified atom stereocenters. The molecule has 0 aliphatic rings. The molecule has 4 nitrogen and oxygen atoms in total. The number of hydrogen-bond acceptors (Lipinski definition) is 3. The lowest BCUT2D eigenvalue weighted by Crippen LogP contribution is -2.26. The number of aromatic nitrogens is 1. The van der Waals surface area contributed by atoms with Crippen LogP contribution in [0.15, 0.2) is 42.7 Å². The smallest absolute Gasteiger partial charge is 0.258 e. The van der Waals surface area contributed by atoms with Gasteiger partial charge in [-0.1, -0.05) is 6.92 Å². The van der Waals surface area contributed by atoms with Gasteiger partial charge in [-0.15, -0.1) is 0 Å². The fraction of sp³-hybridized carbons (Fsp3) is 0.294. The summed E-state index contributed by atoms with van der Waals surface area (Å²) in [6.07, 6.45) is 4.45. The molecule has 0 atom stereocenters. The number of aryl methyl sites for hydroxylation is 1. The number of benzene rings is 1. The molecule has 0 spiro atoms. The topological polar surface area (TPSA) is 45.2 Å². The van der Waals surface area contributed by atoms with Crippen molar-refractivity contribution in [3.8, 4) is 0 Å². The maximum absolute atomic E-state index is 12.5. The van der Waals surface area contributed by atoms with Crippen molar-refractivity contribution in [1.29, 1.82) is 0 Å². The van der Waals surface area contributed by atoms with E-state index in [-0.39, 0.29) is 5.91 Å². The fourth-order valence-electron chi connectivity index (χ4n) is 2.12. The number of carbonyl (C=O) groups excluding carboxylic acids is 1. The molecule has 0 saturated heterocycles. The van der Waals surface area contributed by atoms with Crippen molar-refractivity contribution >= 4 is 17.3 Å². The normalized spacial score (nSPS) is 10.2. The number of pyridine rings is 1. The van der Waals surface area contributed by atoms with Crippen LogP contribution in [-0.4, -0.2) is 24.5 Å². The monoisotopic (exact) mass is 283 g/mol. The lowest BCUT2D eigenvalue weighted by Gasteiger charge is -2.18. The van der Waals surface area contributed by atoms with Crippen molar-refractivity contribution in [3.05, 3.63) is 53.9 Å². The molecule has 1 amide bonds. The van der Waals surface area contributed by atoms with Crippen LogP contribution in [0.1, 0.15) is 29.3 Å². The molecule has 1 heterocycles. The number of nitrogens with zero attached hydrogens (tertiary/aromatic N) is 2. The molecule has 4 heteroatoms. The van der Waals surface area contributed by atoms with E-state index in [0.29, 0.717) is 5.56 Å². The Morgan fingerprint density at radius 2 is 2.14 bits per heavy atom. The van der Waals surface area contributed by atoms with E-state index >= 15 is 0 Å². The van der Waals surface area contributed by atoms with Gasteiger partial charge >= 0.3 is 0 Å². The fourth-order valence-corrected chi connectivity index (χ4v) is 2.12. The van der Waals surface area contributed by atoms with E-state index in [1.807, 2.05) is 37.3 Å². The van der Waals surface area contributed by atoms with Crippen molar-refractivity contribution in [3.63, 3.8) is 0 Å². The van der Waals surface area contributed by atoms with Crippen LogP contribution in [0.5, 0.6) is 0 Å². The van der Waals surface area contributed by atoms with Gasteiger partial charge in [-0.2, -0.15) is 0 Å². The first-order valence-electron chi connectivity index (χ1n) is 7.16. The van der Waals surface area contributed by atoms with Gasteiger partial charge in [0.15, 0.2) is 0 Å². The Balaban J connectivity index is 2.18. The highest BCUT2D eigenvalue weighted by Crippen LogP contribution is 2.19. The van der Waals surface area contributed by atoms with E-state index in [1.165, 1.54) is 0 Å². The van der Waals surface area contributed by atoms with E-state index < -0.39 is 0 Å². The molecule has 1 N–H and O–H groups in total. The van der Waals surface area contributed by atoms with Gasteiger partial charge in [0.05, 0.1) is 11.9 Å². The second-order valence-electron chi connectivity index (χ2n) is 5.03. The van der Waals surface area contributed by atoms with Crippen LogP contribution in [0, 0.1) is 6.92 Å². The second-order valence-corrected chi connectivity index (χ2v) is 5.03. The van der Waals surface area contributed by atoms with Crippen molar-refractivity contribution in [2.75, 3.05) is 23.8 Å². The van der Waals surface area contributed by atoms with Gasteiger partial charge in [-0.05, 0) is 49.2 Å². The van der Waals surface area contributed by atoms with Crippen LogP contribution in [0.3, 0.4) is 0 Å². The third-order valence-corrected chi connectivity index (χ3v) is 3.38. The molecule has 0 aliphatic carbocycles. The lowest BCUT2D eigenvalue weighted by atomic mass is 10.1. The van der Waals surface area contributed by atoms with Crippen LogP contribution in [0.2, 0.25) is 0 Å². The Bertz CT molecular complexity index is 611. The van der Waals surface area contributed by atoms with Crippen LogP contribution >= 0.6 is 0 Å². The van der Waals surface area contributed by atoms with Crippen LogP contribution in [-0.2, 0) is 0 Å². The minimum absolute atomic E-state index is 0.0341. The van der Waals surface area contributed by atoms with Gasteiger partial charge in [0, 0.05) is 31.0 Å². The summed E-state index contributed by atoms with van der Waals surface area (Å²) in [7, 11) is 1.76. The Morgan fingerprint density at radius 3 is 2.76 bits per heavy atom. The molecule has 21 heavy (non-hydrogen) atoms. The first kappa shape index (κ1) is 15.0. The van der Waals surface area contributed by atoms with Crippen molar-refractivity contribution < 1.29 is 4.79 Å². The summed E-state index contributed by atoms with van der Waals surface area (Å²) < 4.78 is 0. The number of rotatable bonds is 5. The standard InChI is InChI=1S/C17H21N3O/c1-4-9-19-16-8-7-14(11-13(16)2)17(21)20(3)15-6-5-10-18-12-15/h5-8,10-12,19H,4,9H2,1-3H3. The number of carbonyl (C=O) groups is 1. The maximum atomic E-state index is 12.5. The molecule has 2 rings (SSSR count). The number of anilines is 2. The Kier molecular flexibility index (Phi) is 4.93. The van der Waals surface area contributed by atoms with Crippen molar-refractivity contribution in [2.24, 2.45) is 0 Å². The number of nitrogens with one attached hydrogen (secondary N) is 1. The molecule has 0 fully saturated rings. The Hall–Kier alpha value is -2.36. The predicted molar refractivity (Wildman–Crippen MR) is 86.9 cm³/mol. The van der Waals surface area contributed by atoms with E-state index in [1.54, 1.807) is 24.3 Å². The minimum atomic E-state index is -0.0341. The average molecular weight is 283 g/mol. The zero-order valence-electron chi connectivity index (χ0n) is 12.8. The summed E-state index contributed by atoms with van der Waals surface area (Å²) in [5, 5.41) is 3.35. The van der Waals surface area contributed by atoms with Gasteiger partial charge in [-0.3, -0.25) is 9.78 Å². The zero-order valence-corrected chi connectivity index (χ0v) is 12.8. The maximum Gasteiger partial charge on any atom is 0.258 e. The largest absolute Gasteiger partial charge is 0.385 e. The molecule has 0 bridgehead atoms. The molecule has 1 aromatic carbocycles. The molecule has 2 aromatic rings. The van der Waals surface area contributed by atoms with E-state index in [2.05, 4.69) is 17.2 Å². The molecule has 0 radical (unpaired) electrons. The van der Waals surface area contributed by atoms with Crippen LogP contribution in [0.25, 0.3) is 0 Å². The number of hydrogen-bond donors (Lipinski definition) is 1. The van der Waals surface area contributed by atoms with Gasteiger partial charge in [0.2, 0.25) is 0 Å². The third-order valence-electron chi connectivity index (χ3n) is 3.38. The third kappa shape index (κ3) is 3.60. The Morgan fingerprint density at radius 1 is 1.33 bits per heavy atom. The summed E-state index contributed by atoms with van der Waals surface area (Å²) in [6, 6.07) is 9.44. The number of amides is 1. The summed E-state index contributed by atoms with van der Waals surface area (Å²) >= 11 is 0. The molecule has 110 valence electrons. The predicted octanol–water partition coefficient (Wildman–Crippen LogP) is 3.49. The highest BCUT2D eigenvalue weighted by Gasteiger charge is 2.14. The lowest BCUT2D eigenvalue weighted by molar-refractivity contribution is 0.0993. The average Bonchev–Trinajstić information content (AvgIpc) is 2.53. The summed E-state index contributed by atoms with van der Waals surface area (Å²) in [5.41, 5.74) is 3.63. The van der Waals surface area contributed by atoms with E-state index in [9.17, 15) is 4.79 Å². The molecular weight excluding hydrogens is 262 g/mol. The summed E-state index contributed by atoms with van der Waals surface area (Å²) in [4.78, 5) is 18.2. The Labute approximate surface area is 125 Å². The van der Waals surface area contributed by atoms with Crippen molar-refractivity contribution in [2.45, 2.75) is 20.3 Å². The molecular formula is C17H21N3O. The van der Waals surface area contributed by atoms with Crippen molar-refractivity contribution in [1.82, 2.24) is 4.98 Å². The van der Waals surface area contributed by atoms with Crippen LogP contribution < -0.4 is 10.2 Å². The summed E-state index contributed by atoms with van der Waals surface area (Å²) in [5.74, 6) is -0.0341. The van der Waals surface area contributed by atoms with Gasteiger partial charge < -0.3 is 10.2 Å². The van der Waals surface area contributed by atoms with Crippen LogP contribution in [0.4, 0.5) is 11.4 Å². The van der Waals surface area contributed by atoms with E-state index in [4.69, 9.17) is 0 Å². The molecule has 0 saturated carbocycles. The quantitative estimate of drug-likeness (QED) is 0.913. The first-order chi connectivity index (χ1) is 10.1. The highest BCUT2D eigenvalue weighted by molar-refractivity contribution is 6.06. The van der Waals surface area contributed by atoms with Gasteiger partial charge in [0.1, 0.15) is 0 Å². The molecule has 1 aromatic heterocycles. The SMILES string of the molecule is CCCNc1ccc(C(=O)N(C)c2cccnc2)cc1C. The van der Waals surface area contributed by atoms with Gasteiger partial charge in [0.25, 0.3) is 5.91 Å². The first-order valence-corrected chi connectivity index (χ1v) is 7.16. The second kappa shape index (κ2) is 6.88. The zero-order chi connectivity index (χ0) is 15.2. The molecule has 0 aliphatic heterocycles. The highest BCUT2D eigenvalue weighted by atomic mass is 16.2.